The molecule has 0 saturated heterocycles. The molecule has 0 atom stereocenters. The van der Waals surface area contributed by atoms with Gasteiger partial charge in [-0.1, -0.05) is 31.8 Å². The van der Waals surface area contributed by atoms with Crippen LogP contribution in [0.2, 0.25) is 0 Å². The first-order valence-electron chi connectivity index (χ1n) is 7.46. The summed E-state index contributed by atoms with van der Waals surface area (Å²) in [4.78, 5) is 14.5. The predicted molar refractivity (Wildman–Crippen MR) is 86.0 cm³/mol. The molecule has 0 spiro atoms. The maximum Gasteiger partial charge on any atom is 0.254 e. The number of aliphatic hydroxyl groups excluding tert-OH is 1. The largest absolute Gasteiger partial charge is 0.395 e. The highest BCUT2D eigenvalue weighted by Crippen LogP contribution is 2.12. The van der Waals surface area contributed by atoms with Gasteiger partial charge >= 0.3 is 0 Å². The van der Waals surface area contributed by atoms with Crippen LogP contribution in [0, 0.1) is 17.8 Å². The normalized spacial score (nSPS) is 10.4. The van der Waals surface area contributed by atoms with Crippen molar-refractivity contribution >= 4 is 5.91 Å². The van der Waals surface area contributed by atoms with Crippen LogP contribution in [0.25, 0.3) is 0 Å². The maximum absolute atomic E-state index is 12.6. The van der Waals surface area contributed by atoms with Gasteiger partial charge in [-0.15, -0.1) is 0 Å². The van der Waals surface area contributed by atoms with Crippen molar-refractivity contribution in [2.24, 2.45) is 5.92 Å². The molecule has 3 nitrogen and oxygen atoms in total. The zero-order chi connectivity index (χ0) is 15.8. The van der Waals surface area contributed by atoms with Gasteiger partial charge in [-0.05, 0) is 38.0 Å². The van der Waals surface area contributed by atoms with E-state index in [2.05, 4.69) is 25.7 Å². The predicted octanol–water partition coefficient (Wildman–Crippen LogP) is 2.93. The standard InChI is InChI=1S/C18H25NO2/c1-14(2)13-19(15(3)4)18(21)17-10-7-9-16(12-17)8-5-6-11-20/h7,9-10,12,14-15,20H,6,11,13H2,1-4H3. The number of aliphatic hydroxyl groups is 1. The minimum atomic E-state index is 0.0458. The lowest BCUT2D eigenvalue weighted by Gasteiger charge is -2.28. The van der Waals surface area contributed by atoms with E-state index in [-0.39, 0.29) is 18.6 Å². The lowest BCUT2D eigenvalue weighted by molar-refractivity contribution is 0.0682. The van der Waals surface area contributed by atoms with Crippen molar-refractivity contribution in [1.29, 1.82) is 0 Å². The molecule has 0 saturated carbocycles. The second kappa shape index (κ2) is 8.49. The molecule has 0 aromatic heterocycles. The Morgan fingerprint density at radius 3 is 2.57 bits per heavy atom. The molecule has 1 N–H and O–H groups in total. The molecule has 0 fully saturated rings. The molecule has 3 heteroatoms. The molecule has 0 bridgehead atoms. The summed E-state index contributed by atoms with van der Waals surface area (Å²) in [5.41, 5.74) is 1.47. The molecule has 0 aliphatic carbocycles. The smallest absolute Gasteiger partial charge is 0.254 e. The van der Waals surface area contributed by atoms with E-state index in [0.717, 1.165) is 12.1 Å². The van der Waals surface area contributed by atoms with Gasteiger partial charge in [0.25, 0.3) is 5.91 Å². The van der Waals surface area contributed by atoms with Gasteiger partial charge in [-0.3, -0.25) is 4.79 Å². The Bertz CT molecular complexity index is 524. The molecule has 0 unspecified atom stereocenters. The van der Waals surface area contributed by atoms with E-state index in [1.807, 2.05) is 43.0 Å². The van der Waals surface area contributed by atoms with E-state index in [9.17, 15) is 4.79 Å². The van der Waals surface area contributed by atoms with Crippen molar-refractivity contribution < 1.29 is 9.90 Å². The summed E-state index contributed by atoms with van der Waals surface area (Å²) >= 11 is 0. The van der Waals surface area contributed by atoms with Crippen molar-refractivity contribution in [1.82, 2.24) is 4.90 Å². The first-order valence-corrected chi connectivity index (χ1v) is 7.46. The molecule has 1 rings (SSSR count). The van der Waals surface area contributed by atoms with E-state index in [0.29, 0.717) is 17.9 Å². The SMILES string of the molecule is CC(C)CN(C(=O)c1cccc(C#CCCO)c1)C(C)C. The average Bonchev–Trinajstić information content (AvgIpc) is 2.44. The first kappa shape index (κ1) is 17.3. The van der Waals surface area contributed by atoms with Gasteiger partial charge in [0, 0.05) is 30.1 Å². The van der Waals surface area contributed by atoms with Crippen LogP contribution in [-0.4, -0.2) is 35.1 Å². The number of carbonyl (C=O) groups is 1. The van der Waals surface area contributed by atoms with Crippen LogP contribution in [-0.2, 0) is 0 Å². The lowest BCUT2D eigenvalue weighted by Crippen LogP contribution is -2.39. The number of hydrogen-bond donors (Lipinski definition) is 1. The number of amides is 1. The highest BCUT2D eigenvalue weighted by molar-refractivity contribution is 5.94. The van der Waals surface area contributed by atoms with Gasteiger partial charge < -0.3 is 10.0 Å². The number of benzene rings is 1. The van der Waals surface area contributed by atoms with Gasteiger partial charge in [0.05, 0.1) is 6.61 Å². The fourth-order valence-electron chi connectivity index (χ4n) is 2.04. The minimum Gasteiger partial charge on any atom is -0.395 e. The monoisotopic (exact) mass is 287 g/mol. The third-order valence-corrected chi connectivity index (χ3v) is 3.03. The molecule has 1 aromatic carbocycles. The Labute approximate surface area is 128 Å². The maximum atomic E-state index is 12.6. The summed E-state index contributed by atoms with van der Waals surface area (Å²) in [5.74, 6) is 6.33. The summed E-state index contributed by atoms with van der Waals surface area (Å²) in [5, 5.41) is 8.74. The zero-order valence-corrected chi connectivity index (χ0v) is 13.4. The van der Waals surface area contributed by atoms with Crippen LogP contribution in [0.1, 0.15) is 50.0 Å². The van der Waals surface area contributed by atoms with Gasteiger partial charge in [0.1, 0.15) is 0 Å². The quantitative estimate of drug-likeness (QED) is 0.846. The van der Waals surface area contributed by atoms with Crippen LogP contribution >= 0.6 is 0 Å². The molecule has 0 radical (unpaired) electrons. The van der Waals surface area contributed by atoms with Gasteiger partial charge in [0.2, 0.25) is 0 Å². The highest BCUT2D eigenvalue weighted by atomic mass is 16.2. The van der Waals surface area contributed by atoms with Crippen molar-refractivity contribution in [2.45, 2.75) is 40.2 Å². The Hall–Kier alpha value is -1.79. The van der Waals surface area contributed by atoms with E-state index in [4.69, 9.17) is 5.11 Å². The fraction of sp³-hybridized carbons (Fsp3) is 0.500. The van der Waals surface area contributed by atoms with Crippen molar-refractivity contribution in [3.63, 3.8) is 0 Å². The van der Waals surface area contributed by atoms with Crippen LogP contribution < -0.4 is 0 Å². The molecule has 0 aliphatic heterocycles. The van der Waals surface area contributed by atoms with Crippen LogP contribution in [0.5, 0.6) is 0 Å². The second-order valence-electron chi connectivity index (χ2n) is 5.80. The topological polar surface area (TPSA) is 40.5 Å². The van der Waals surface area contributed by atoms with E-state index < -0.39 is 0 Å². The molecular weight excluding hydrogens is 262 g/mol. The number of rotatable bonds is 5. The Morgan fingerprint density at radius 2 is 2.00 bits per heavy atom. The average molecular weight is 287 g/mol. The van der Waals surface area contributed by atoms with E-state index in [1.54, 1.807) is 0 Å². The Kier molecular flexibility index (Phi) is 6.98. The van der Waals surface area contributed by atoms with Crippen LogP contribution in [0.4, 0.5) is 0 Å². The molecule has 114 valence electrons. The number of carbonyl (C=O) groups excluding carboxylic acids is 1. The third-order valence-electron chi connectivity index (χ3n) is 3.03. The van der Waals surface area contributed by atoms with Crippen molar-refractivity contribution in [3.8, 4) is 11.8 Å². The van der Waals surface area contributed by atoms with Crippen molar-refractivity contribution in [2.75, 3.05) is 13.2 Å². The Balaban J connectivity index is 2.95. The Morgan fingerprint density at radius 1 is 1.29 bits per heavy atom. The number of nitrogens with zero attached hydrogens (tertiary/aromatic N) is 1. The summed E-state index contributed by atoms with van der Waals surface area (Å²) in [7, 11) is 0. The van der Waals surface area contributed by atoms with Gasteiger partial charge in [0.15, 0.2) is 0 Å². The van der Waals surface area contributed by atoms with E-state index >= 15 is 0 Å². The van der Waals surface area contributed by atoms with Crippen molar-refractivity contribution in [3.05, 3.63) is 35.4 Å². The van der Waals surface area contributed by atoms with Gasteiger partial charge in [-0.25, -0.2) is 0 Å². The number of hydrogen-bond acceptors (Lipinski definition) is 2. The highest BCUT2D eigenvalue weighted by Gasteiger charge is 2.19. The molecule has 1 amide bonds. The van der Waals surface area contributed by atoms with Crippen LogP contribution in [0.3, 0.4) is 0 Å². The summed E-state index contributed by atoms with van der Waals surface area (Å²) in [6.45, 7) is 9.09. The fourth-order valence-corrected chi connectivity index (χ4v) is 2.04. The lowest BCUT2D eigenvalue weighted by atomic mass is 10.1. The second-order valence-corrected chi connectivity index (χ2v) is 5.80. The molecule has 0 heterocycles. The summed E-state index contributed by atoms with van der Waals surface area (Å²) < 4.78 is 0. The molecule has 21 heavy (non-hydrogen) atoms. The molecule has 1 aromatic rings. The van der Waals surface area contributed by atoms with E-state index in [1.165, 1.54) is 0 Å². The summed E-state index contributed by atoms with van der Waals surface area (Å²) in [6.07, 6.45) is 0.448. The van der Waals surface area contributed by atoms with Gasteiger partial charge in [-0.2, -0.15) is 0 Å². The first-order chi connectivity index (χ1) is 9.95. The van der Waals surface area contributed by atoms with Crippen LogP contribution in [0.15, 0.2) is 24.3 Å². The minimum absolute atomic E-state index is 0.0458. The molecule has 0 aliphatic rings. The molecular formula is C18H25NO2. The zero-order valence-electron chi connectivity index (χ0n) is 13.4. The summed E-state index contributed by atoms with van der Waals surface area (Å²) in [6, 6.07) is 7.55. The third kappa shape index (κ3) is 5.61.